The van der Waals surface area contributed by atoms with Crippen LogP contribution in [-0.4, -0.2) is 54.2 Å². The maximum Gasteiger partial charge on any atom is 0.194 e. The third-order valence-corrected chi connectivity index (χ3v) is 4.55. The molecule has 1 aromatic carbocycles. The van der Waals surface area contributed by atoms with Crippen molar-refractivity contribution in [2.24, 2.45) is 4.99 Å². The van der Waals surface area contributed by atoms with E-state index in [9.17, 15) is 5.11 Å². The molecule has 0 atom stereocenters. The number of rotatable bonds is 3. The first kappa shape index (κ1) is 17.1. The van der Waals surface area contributed by atoms with Crippen LogP contribution >= 0.6 is 0 Å². The lowest BCUT2D eigenvalue weighted by Gasteiger charge is -2.37. The maximum absolute atomic E-state index is 10.0. The lowest BCUT2D eigenvalue weighted by molar-refractivity contribution is 0.369. The maximum atomic E-state index is 10.0. The van der Waals surface area contributed by atoms with E-state index in [4.69, 9.17) is 0 Å². The number of aryl methyl sites for hydroxylation is 1. The molecule has 0 unspecified atom stereocenters. The van der Waals surface area contributed by atoms with Crippen LogP contribution in [0.2, 0.25) is 0 Å². The lowest BCUT2D eigenvalue weighted by Crippen LogP contribution is -2.52. The number of hydrogen-bond donors (Lipinski definition) is 2. The zero-order chi connectivity index (χ0) is 17.6. The van der Waals surface area contributed by atoms with Crippen LogP contribution in [0.1, 0.15) is 11.3 Å². The van der Waals surface area contributed by atoms with Gasteiger partial charge in [0.15, 0.2) is 5.96 Å². The van der Waals surface area contributed by atoms with Gasteiger partial charge in [-0.15, -0.1) is 0 Å². The van der Waals surface area contributed by atoms with Gasteiger partial charge >= 0.3 is 0 Å². The van der Waals surface area contributed by atoms with Gasteiger partial charge in [0.25, 0.3) is 0 Å². The second-order valence-corrected chi connectivity index (χ2v) is 6.13. The van der Waals surface area contributed by atoms with E-state index in [0.717, 1.165) is 43.5 Å². The summed E-state index contributed by atoms with van der Waals surface area (Å²) in [4.78, 5) is 13.3. The van der Waals surface area contributed by atoms with Crippen LogP contribution in [0, 0.1) is 6.92 Å². The number of guanidine groups is 1. The standard InChI is InChI=1S/C19H25N5O/c1-15-6-5-9-21-16(15)14-22-19(20-2)24-12-10-23(11-13-24)17-7-3-4-8-18(17)25/h3-9,25H,10-14H2,1-2H3,(H,20,22). The van der Waals surface area contributed by atoms with Crippen molar-refractivity contribution in [2.45, 2.75) is 13.5 Å². The fourth-order valence-corrected chi connectivity index (χ4v) is 3.09. The van der Waals surface area contributed by atoms with Crippen molar-refractivity contribution in [3.63, 3.8) is 0 Å². The largest absolute Gasteiger partial charge is 0.506 e. The Morgan fingerprint density at radius 2 is 1.92 bits per heavy atom. The average Bonchev–Trinajstić information content (AvgIpc) is 2.65. The monoisotopic (exact) mass is 339 g/mol. The molecule has 6 nitrogen and oxygen atoms in total. The Hall–Kier alpha value is -2.76. The molecule has 0 bridgehead atoms. The Kier molecular flexibility index (Phi) is 5.38. The number of para-hydroxylation sites is 2. The van der Waals surface area contributed by atoms with Gasteiger partial charge in [0, 0.05) is 39.4 Å². The minimum absolute atomic E-state index is 0.337. The van der Waals surface area contributed by atoms with Gasteiger partial charge in [0.1, 0.15) is 5.75 Å². The molecule has 6 heteroatoms. The molecule has 0 spiro atoms. The van der Waals surface area contributed by atoms with Gasteiger partial charge in [-0.1, -0.05) is 18.2 Å². The van der Waals surface area contributed by atoms with Crippen LogP contribution in [0.15, 0.2) is 47.6 Å². The Morgan fingerprint density at radius 3 is 2.60 bits per heavy atom. The predicted octanol–water partition coefficient (Wildman–Crippen LogP) is 1.99. The van der Waals surface area contributed by atoms with Crippen molar-refractivity contribution in [2.75, 3.05) is 38.1 Å². The summed E-state index contributed by atoms with van der Waals surface area (Å²) in [6.07, 6.45) is 1.82. The molecular formula is C19H25N5O. The SMILES string of the molecule is CN=C(NCc1ncccc1C)N1CCN(c2ccccc2O)CC1. The van der Waals surface area contributed by atoms with E-state index >= 15 is 0 Å². The van der Waals surface area contributed by atoms with Crippen LogP contribution in [0.3, 0.4) is 0 Å². The topological polar surface area (TPSA) is 64.0 Å². The predicted molar refractivity (Wildman–Crippen MR) is 101 cm³/mol. The third-order valence-electron chi connectivity index (χ3n) is 4.55. The van der Waals surface area contributed by atoms with E-state index < -0.39 is 0 Å². The number of aromatic hydroxyl groups is 1. The number of benzene rings is 1. The van der Waals surface area contributed by atoms with Gasteiger partial charge in [-0.05, 0) is 30.7 Å². The third kappa shape index (κ3) is 4.02. The number of aromatic nitrogens is 1. The zero-order valence-electron chi connectivity index (χ0n) is 14.8. The molecule has 1 aliphatic heterocycles. The number of hydrogen-bond acceptors (Lipinski definition) is 4. The van der Waals surface area contributed by atoms with Gasteiger partial charge in [0.05, 0.1) is 17.9 Å². The molecule has 1 saturated heterocycles. The highest BCUT2D eigenvalue weighted by Crippen LogP contribution is 2.27. The van der Waals surface area contributed by atoms with E-state index in [2.05, 4.69) is 38.1 Å². The van der Waals surface area contributed by atoms with Crippen molar-refractivity contribution in [3.8, 4) is 5.75 Å². The molecule has 0 saturated carbocycles. The number of nitrogens with zero attached hydrogens (tertiary/aromatic N) is 4. The van der Waals surface area contributed by atoms with Crippen molar-refractivity contribution >= 4 is 11.6 Å². The van der Waals surface area contributed by atoms with E-state index in [1.165, 1.54) is 5.56 Å². The number of piperazine rings is 1. The number of aliphatic imine (C=N–C) groups is 1. The molecule has 25 heavy (non-hydrogen) atoms. The quantitative estimate of drug-likeness (QED) is 0.661. The smallest absolute Gasteiger partial charge is 0.194 e. The number of anilines is 1. The van der Waals surface area contributed by atoms with E-state index in [1.54, 1.807) is 6.07 Å². The van der Waals surface area contributed by atoms with Gasteiger partial charge in [-0.3, -0.25) is 9.98 Å². The van der Waals surface area contributed by atoms with Gasteiger partial charge < -0.3 is 20.2 Å². The summed E-state index contributed by atoms with van der Waals surface area (Å²) >= 11 is 0. The minimum Gasteiger partial charge on any atom is -0.506 e. The second kappa shape index (κ2) is 7.88. The van der Waals surface area contributed by atoms with Gasteiger partial charge in [0.2, 0.25) is 0 Å². The summed E-state index contributed by atoms with van der Waals surface area (Å²) in [7, 11) is 1.81. The normalized spacial score (nSPS) is 15.4. The summed E-state index contributed by atoms with van der Waals surface area (Å²) in [6.45, 7) is 6.14. The molecule has 2 heterocycles. The van der Waals surface area contributed by atoms with Crippen molar-refractivity contribution < 1.29 is 5.11 Å². The molecule has 132 valence electrons. The van der Waals surface area contributed by atoms with Crippen LogP contribution < -0.4 is 10.2 Å². The summed E-state index contributed by atoms with van der Waals surface area (Å²) < 4.78 is 0. The Morgan fingerprint density at radius 1 is 1.16 bits per heavy atom. The summed E-state index contributed by atoms with van der Waals surface area (Å²) in [5, 5.41) is 13.4. The fourth-order valence-electron chi connectivity index (χ4n) is 3.09. The van der Waals surface area contributed by atoms with Crippen LogP contribution in [0.25, 0.3) is 0 Å². The van der Waals surface area contributed by atoms with Gasteiger partial charge in [-0.25, -0.2) is 0 Å². The van der Waals surface area contributed by atoms with Crippen LogP contribution in [0.5, 0.6) is 5.75 Å². The van der Waals surface area contributed by atoms with Crippen molar-refractivity contribution in [1.29, 1.82) is 0 Å². The van der Waals surface area contributed by atoms with Crippen LogP contribution in [0.4, 0.5) is 5.69 Å². The average molecular weight is 339 g/mol. The lowest BCUT2D eigenvalue weighted by atomic mass is 10.2. The second-order valence-electron chi connectivity index (χ2n) is 6.13. The van der Waals surface area contributed by atoms with Gasteiger partial charge in [-0.2, -0.15) is 0 Å². The highest BCUT2D eigenvalue weighted by molar-refractivity contribution is 5.80. The highest BCUT2D eigenvalue weighted by Gasteiger charge is 2.21. The zero-order valence-corrected chi connectivity index (χ0v) is 14.8. The molecule has 3 rings (SSSR count). The number of phenols is 1. The Balaban J connectivity index is 1.57. The highest BCUT2D eigenvalue weighted by atomic mass is 16.3. The summed E-state index contributed by atoms with van der Waals surface area (Å²) in [6, 6.07) is 11.5. The molecular weight excluding hydrogens is 314 g/mol. The molecule has 0 amide bonds. The first-order chi connectivity index (χ1) is 12.2. The minimum atomic E-state index is 0.337. The first-order valence-corrected chi connectivity index (χ1v) is 8.58. The molecule has 2 aromatic rings. The summed E-state index contributed by atoms with van der Waals surface area (Å²) in [5.41, 5.74) is 3.11. The first-order valence-electron chi connectivity index (χ1n) is 8.58. The molecule has 0 aliphatic carbocycles. The molecule has 2 N–H and O–H groups in total. The van der Waals surface area contributed by atoms with Crippen molar-refractivity contribution in [3.05, 3.63) is 53.9 Å². The molecule has 1 aliphatic rings. The number of phenolic OH excluding ortho intramolecular Hbond substituents is 1. The molecule has 1 aromatic heterocycles. The molecule has 1 fully saturated rings. The summed E-state index contributed by atoms with van der Waals surface area (Å²) in [5.74, 6) is 1.23. The number of nitrogens with one attached hydrogen (secondary N) is 1. The Bertz CT molecular complexity index is 738. The van der Waals surface area contributed by atoms with E-state index in [1.807, 2.05) is 37.5 Å². The van der Waals surface area contributed by atoms with E-state index in [0.29, 0.717) is 12.3 Å². The Labute approximate surface area is 148 Å². The fraction of sp³-hybridized carbons (Fsp3) is 0.368. The van der Waals surface area contributed by atoms with E-state index in [-0.39, 0.29) is 0 Å². The number of pyridine rings is 1. The van der Waals surface area contributed by atoms with Crippen LogP contribution in [-0.2, 0) is 6.54 Å². The molecule has 0 radical (unpaired) electrons. The van der Waals surface area contributed by atoms with Crippen molar-refractivity contribution in [1.82, 2.24) is 15.2 Å².